The first-order valence-electron chi connectivity index (χ1n) is 11.9. The number of morpholine rings is 1. The van der Waals surface area contributed by atoms with E-state index in [9.17, 15) is 0 Å². The quantitative estimate of drug-likeness (QED) is 0.402. The van der Waals surface area contributed by atoms with Gasteiger partial charge in [0.05, 0.1) is 23.4 Å². The minimum atomic E-state index is 0.217. The van der Waals surface area contributed by atoms with Crippen LogP contribution in [0.5, 0.6) is 0 Å². The lowest BCUT2D eigenvalue weighted by molar-refractivity contribution is -0.00545. The number of benzene rings is 1. The molecule has 4 heterocycles. The van der Waals surface area contributed by atoms with Gasteiger partial charge in [-0.05, 0) is 62.4 Å². The van der Waals surface area contributed by atoms with Crippen molar-refractivity contribution < 1.29 is 4.74 Å². The molecule has 0 N–H and O–H groups in total. The van der Waals surface area contributed by atoms with Crippen molar-refractivity contribution in [1.29, 1.82) is 0 Å². The number of rotatable bonds is 4. The third kappa shape index (κ3) is 3.87. The highest BCUT2D eigenvalue weighted by Crippen LogP contribution is 2.48. The first-order chi connectivity index (χ1) is 16.2. The summed E-state index contributed by atoms with van der Waals surface area (Å²) in [6, 6.07) is 16.8. The van der Waals surface area contributed by atoms with E-state index in [1.807, 2.05) is 30.7 Å². The van der Waals surface area contributed by atoms with Crippen LogP contribution in [-0.4, -0.2) is 40.2 Å². The van der Waals surface area contributed by atoms with Crippen LogP contribution in [0.1, 0.15) is 38.2 Å². The van der Waals surface area contributed by atoms with Crippen molar-refractivity contribution in [2.24, 2.45) is 0 Å². The molecule has 5 heteroatoms. The van der Waals surface area contributed by atoms with Gasteiger partial charge in [0.1, 0.15) is 5.82 Å². The van der Waals surface area contributed by atoms with Gasteiger partial charge in [0.15, 0.2) is 0 Å². The maximum absolute atomic E-state index is 5.88. The highest BCUT2D eigenvalue weighted by Gasteiger charge is 2.30. The van der Waals surface area contributed by atoms with Crippen LogP contribution in [0.15, 0.2) is 67.1 Å². The molecule has 2 atom stereocenters. The Bertz CT molecular complexity index is 1270. The molecule has 1 aromatic carbocycles. The SMILES string of the molecule is C[C@@H]1CN(c2ccc(-c3cnc4c(-c5ccccn5)cccc4c3C3CC3)cn2)C[C@H](C)O1. The summed E-state index contributed by atoms with van der Waals surface area (Å²) in [4.78, 5) is 16.7. The fourth-order valence-corrected chi connectivity index (χ4v) is 5.11. The molecule has 2 aliphatic rings. The van der Waals surface area contributed by atoms with Gasteiger partial charge in [-0.3, -0.25) is 9.97 Å². The highest BCUT2D eigenvalue weighted by molar-refractivity contribution is 5.98. The molecule has 5 nitrogen and oxygen atoms in total. The lowest BCUT2D eigenvalue weighted by Crippen LogP contribution is -2.45. The summed E-state index contributed by atoms with van der Waals surface area (Å²) >= 11 is 0. The van der Waals surface area contributed by atoms with Crippen molar-refractivity contribution in [2.45, 2.75) is 44.8 Å². The third-order valence-corrected chi connectivity index (χ3v) is 6.67. The molecule has 0 spiro atoms. The first-order valence-corrected chi connectivity index (χ1v) is 11.9. The predicted molar refractivity (Wildman–Crippen MR) is 132 cm³/mol. The Morgan fingerprint density at radius 1 is 0.818 bits per heavy atom. The zero-order chi connectivity index (χ0) is 22.4. The Kier molecular flexibility index (Phi) is 5.07. The average Bonchev–Trinajstić information content (AvgIpc) is 3.68. The van der Waals surface area contributed by atoms with Crippen molar-refractivity contribution in [3.05, 3.63) is 72.7 Å². The van der Waals surface area contributed by atoms with Gasteiger partial charge < -0.3 is 9.64 Å². The van der Waals surface area contributed by atoms with Crippen LogP contribution in [0.4, 0.5) is 5.82 Å². The van der Waals surface area contributed by atoms with Crippen LogP contribution in [0.3, 0.4) is 0 Å². The maximum atomic E-state index is 5.88. The molecule has 1 saturated heterocycles. The molecular weight excluding hydrogens is 408 g/mol. The Labute approximate surface area is 194 Å². The number of ether oxygens (including phenoxy) is 1. The summed E-state index contributed by atoms with van der Waals surface area (Å²) < 4.78 is 5.88. The van der Waals surface area contributed by atoms with Gasteiger partial charge in [0.25, 0.3) is 0 Å². The second-order valence-corrected chi connectivity index (χ2v) is 9.34. The maximum Gasteiger partial charge on any atom is 0.128 e. The molecule has 1 saturated carbocycles. The fourth-order valence-electron chi connectivity index (χ4n) is 5.11. The molecule has 6 rings (SSSR count). The van der Waals surface area contributed by atoms with Crippen LogP contribution in [0, 0.1) is 0 Å². The zero-order valence-corrected chi connectivity index (χ0v) is 19.1. The Hall–Kier alpha value is -3.31. The van der Waals surface area contributed by atoms with Crippen molar-refractivity contribution in [3.8, 4) is 22.4 Å². The largest absolute Gasteiger partial charge is 0.372 e. The van der Waals surface area contributed by atoms with E-state index in [1.54, 1.807) is 0 Å². The second kappa shape index (κ2) is 8.23. The summed E-state index contributed by atoms with van der Waals surface area (Å²) in [5, 5.41) is 1.23. The van der Waals surface area contributed by atoms with E-state index >= 15 is 0 Å². The number of nitrogens with zero attached hydrogens (tertiary/aromatic N) is 4. The number of para-hydroxylation sites is 1. The summed E-state index contributed by atoms with van der Waals surface area (Å²) in [5.41, 5.74) is 6.82. The molecule has 0 bridgehead atoms. The van der Waals surface area contributed by atoms with Gasteiger partial charge in [-0.25, -0.2) is 4.98 Å². The van der Waals surface area contributed by atoms with Gasteiger partial charge in [-0.1, -0.05) is 24.3 Å². The van der Waals surface area contributed by atoms with Gasteiger partial charge >= 0.3 is 0 Å². The molecule has 0 unspecified atom stereocenters. The molecule has 0 radical (unpaired) electrons. The van der Waals surface area contributed by atoms with E-state index in [0.717, 1.165) is 41.2 Å². The van der Waals surface area contributed by atoms with E-state index in [0.29, 0.717) is 5.92 Å². The predicted octanol–water partition coefficient (Wildman–Crippen LogP) is 5.85. The summed E-state index contributed by atoms with van der Waals surface area (Å²) in [6.07, 6.45) is 8.79. The smallest absolute Gasteiger partial charge is 0.128 e. The van der Waals surface area contributed by atoms with Crippen molar-refractivity contribution in [2.75, 3.05) is 18.0 Å². The molecule has 3 aromatic heterocycles. The number of hydrogen-bond donors (Lipinski definition) is 0. The second-order valence-electron chi connectivity index (χ2n) is 9.34. The third-order valence-electron chi connectivity index (χ3n) is 6.67. The van der Waals surface area contributed by atoms with Crippen LogP contribution < -0.4 is 4.90 Å². The minimum absolute atomic E-state index is 0.217. The average molecular weight is 437 g/mol. The lowest BCUT2D eigenvalue weighted by Gasteiger charge is -2.36. The summed E-state index contributed by atoms with van der Waals surface area (Å²) in [7, 11) is 0. The Morgan fingerprint density at radius 2 is 1.67 bits per heavy atom. The van der Waals surface area contributed by atoms with Gasteiger partial charge in [0, 0.05) is 53.8 Å². The lowest BCUT2D eigenvalue weighted by atomic mass is 9.93. The van der Waals surface area contributed by atoms with Crippen LogP contribution >= 0.6 is 0 Å². The van der Waals surface area contributed by atoms with Crippen molar-refractivity contribution >= 4 is 16.7 Å². The van der Waals surface area contributed by atoms with E-state index in [2.05, 4.69) is 60.1 Å². The molecule has 166 valence electrons. The van der Waals surface area contributed by atoms with Crippen molar-refractivity contribution in [3.63, 3.8) is 0 Å². The Balaban J connectivity index is 1.41. The number of hydrogen-bond acceptors (Lipinski definition) is 5. The monoisotopic (exact) mass is 436 g/mol. The fraction of sp³-hybridized carbons (Fsp3) is 0.321. The van der Waals surface area contributed by atoms with E-state index in [1.165, 1.54) is 29.4 Å². The number of fused-ring (bicyclic) bond motifs is 1. The van der Waals surface area contributed by atoms with Gasteiger partial charge in [-0.15, -0.1) is 0 Å². The van der Waals surface area contributed by atoms with E-state index < -0.39 is 0 Å². The summed E-state index contributed by atoms with van der Waals surface area (Å²) in [6.45, 7) is 5.99. The highest BCUT2D eigenvalue weighted by atomic mass is 16.5. The van der Waals surface area contributed by atoms with E-state index in [4.69, 9.17) is 14.7 Å². The zero-order valence-electron chi connectivity index (χ0n) is 19.1. The van der Waals surface area contributed by atoms with Crippen LogP contribution in [0.2, 0.25) is 0 Å². The van der Waals surface area contributed by atoms with Crippen molar-refractivity contribution in [1.82, 2.24) is 15.0 Å². The first kappa shape index (κ1) is 20.3. The Morgan fingerprint density at radius 3 is 2.36 bits per heavy atom. The van der Waals surface area contributed by atoms with E-state index in [-0.39, 0.29) is 12.2 Å². The van der Waals surface area contributed by atoms with Crippen LogP contribution in [0.25, 0.3) is 33.3 Å². The minimum Gasteiger partial charge on any atom is -0.372 e. The summed E-state index contributed by atoms with van der Waals surface area (Å²) in [5.74, 6) is 1.60. The molecule has 1 aliphatic carbocycles. The number of pyridine rings is 3. The molecule has 0 amide bonds. The number of anilines is 1. The molecular formula is C28H28N4O. The number of aromatic nitrogens is 3. The molecule has 33 heavy (non-hydrogen) atoms. The molecule has 2 fully saturated rings. The van der Waals surface area contributed by atoms with Crippen LogP contribution in [-0.2, 0) is 4.74 Å². The topological polar surface area (TPSA) is 51.1 Å². The normalized spacial score (nSPS) is 20.8. The molecule has 4 aromatic rings. The van der Waals surface area contributed by atoms with Gasteiger partial charge in [0.2, 0.25) is 0 Å². The standard InChI is InChI=1S/C28H28N4O/c1-18-16-32(17-19(2)33-18)26-12-11-21(14-30-26)24-15-31-28-22(25-8-3-4-13-29-25)6-5-7-23(28)27(24)20-9-10-20/h3-8,11-15,18-20H,9-10,16-17H2,1-2H3/t18-,19+. The van der Waals surface area contributed by atoms with Gasteiger partial charge in [-0.2, -0.15) is 0 Å². The molecule has 1 aliphatic heterocycles.